The lowest BCUT2D eigenvalue weighted by Crippen LogP contribution is -2.34. The van der Waals surface area contributed by atoms with Crippen LogP contribution in [0.3, 0.4) is 0 Å². The molecule has 0 aliphatic rings. The highest BCUT2D eigenvalue weighted by atomic mass is 16.4. The Labute approximate surface area is 77.8 Å². The molecule has 5 nitrogen and oxygen atoms in total. The second-order valence-electron chi connectivity index (χ2n) is 3.04. The quantitative estimate of drug-likeness (QED) is 0.425. The van der Waals surface area contributed by atoms with E-state index in [4.69, 9.17) is 16.6 Å². The molecule has 0 rings (SSSR count). The number of hydrogen-bond acceptors (Lipinski definition) is 2. The van der Waals surface area contributed by atoms with Gasteiger partial charge in [0, 0.05) is 0 Å². The van der Waals surface area contributed by atoms with E-state index >= 15 is 0 Å². The highest BCUT2D eigenvalue weighted by molar-refractivity contribution is 5.77. The van der Waals surface area contributed by atoms with Crippen LogP contribution >= 0.6 is 0 Å². The Morgan fingerprint density at radius 2 is 1.85 bits per heavy atom. The van der Waals surface area contributed by atoms with Gasteiger partial charge in [0.15, 0.2) is 5.96 Å². The highest BCUT2D eigenvalue weighted by Gasteiger charge is 2.28. The summed E-state index contributed by atoms with van der Waals surface area (Å²) in [5, 5.41) is 8.67. The topological polar surface area (TPSA) is 102 Å². The summed E-state index contributed by atoms with van der Waals surface area (Å²) in [6, 6.07) is 0. The third-order valence-corrected chi connectivity index (χ3v) is 2.16. The van der Waals surface area contributed by atoms with Crippen LogP contribution in [0, 0.1) is 0 Å². The summed E-state index contributed by atoms with van der Waals surface area (Å²) in [5.41, 5.74) is 9.85. The van der Waals surface area contributed by atoms with E-state index in [1.807, 2.05) is 13.8 Å². The van der Waals surface area contributed by atoms with E-state index in [0.717, 1.165) is 0 Å². The zero-order chi connectivity index (χ0) is 10.5. The van der Waals surface area contributed by atoms with E-state index in [-0.39, 0.29) is 12.4 Å². The van der Waals surface area contributed by atoms with Crippen molar-refractivity contribution < 1.29 is 9.90 Å². The number of carboxylic acids is 1. The molecule has 0 saturated carbocycles. The van der Waals surface area contributed by atoms with Gasteiger partial charge in [-0.05, 0) is 12.8 Å². The molecular weight excluding hydrogens is 170 g/mol. The van der Waals surface area contributed by atoms with Crippen molar-refractivity contribution in [3.63, 3.8) is 0 Å². The minimum absolute atomic E-state index is 0.0299. The molecule has 0 fully saturated rings. The van der Waals surface area contributed by atoms with E-state index in [1.165, 1.54) is 0 Å². The molecule has 0 aromatic carbocycles. The monoisotopic (exact) mass is 187 g/mol. The fraction of sp³-hybridized carbons (Fsp3) is 0.750. The van der Waals surface area contributed by atoms with Crippen molar-refractivity contribution in [2.75, 3.05) is 0 Å². The Balaban J connectivity index is 4.69. The Morgan fingerprint density at radius 3 is 2.08 bits per heavy atom. The van der Waals surface area contributed by atoms with Gasteiger partial charge in [0.25, 0.3) is 0 Å². The second-order valence-corrected chi connectivity index (χ2v) is 3.04. The molecular formula is C8H17N3O2. The van der Waals surface area contributed by atoms with Crippen LogP contribution < -0.4 is 11.5 Å². The van der Waals surface area contributed by atoms with Crippen molar-refractivity contribution in [2.24, 2.45) is 16.5 Å². The Hall–Kier alpha value is -1.26. The van der Waals surface area contributed by atoms with Gasteiger partial charge in [-0.15, -0.1) is 0 Å². The maximum Gasteiger partial charge on any atom is 0.305 e. The number of aliphatic carboxylic acids is 1. The summed E-state index contributed by atoms with van der Waals surface area (Å²) in [4.78, 5) is 14.5. The van der Waals surface area contributed by atoms with Gasteiger partial charge in [-0.3, -0.25) is 4.79 Å². The first-order valence-corrected chi connectivity index (χ1v) is 4.28. The number of carbonyl (C=O) groups is 1. The first kappa shape index (κ1) is 11.7. The van der Waals surface area contributed by atoms with Crippen LogP contribution in [0.1, 0.15) is 33.1 Å². The van der Waals surface area contributed by atoms with Crippen LogP contribution in [0.4, 0.5) is 0 Å². The van der Waals surface area contributed by atoms with Crippen molar-refractivity contribution in [3.8, 4) is 0 Å². The number of nitrogens with two attached hydrogens (primary N) is 2. The lowest BCUT2D eigenvalue weighted by atomic mass is 9.90. The summed E-state index contributed by atoms with van der Waals surface area (Å²) in [6.07, 6.45) is 1.21. The third-order valence-electron chi connectivity index (χ3n) is 2.16. The lowest BCUT2D eigenvalue weighted by Gasteiger charge is -2.25. The normalized spacial score (nSPS) is 10.9. The van der Waals surface area contributed by atoms with Gasteiger partial charge in [-0.2, -0.15) is 0 Å². The van der Waals surface area contributed by atoms with Gasteiger partial charge < -0.3 is 16.6 Å². The van der Waals surface area contributed by atoms with Crippen LogP contribution in [0.5, 0.6) is 0 Å². The van der Waals surface area contributed by atoms with Gasteiger partial charge in [0.05, 0.1) is 12.0 Å². The Kier molecular flexibility index (Phi) is 4.23. The van der Waals surface area contributed by atoms with Gasteiger partial charge in [-0.1, -0.05) is 13.8 Å². The van der Waals surface area contributed by atoms with Crippen LogP contribution in [0.25, 0.3) is 0 Å². The van der Waals surface area contributed by atoms with Crippen LogP contribution in [-0.4, -0.2) is 22.6 Å². The van der Waals surface area contributed by atoms with Gasteiger partial charge in [-0.25, -0.2) is 4.99 Å². The predicted octanol–water partition coefficient (Wildman–Crippen LogP) is 0.293. The molecule has 0 heterocycles. The molecule has 0 bridgehead atoms. The van der Waals surface area contributed by atoms with Gasteiger partial charge in [0.1, 0.15) is 0 Å². The molecule has 0 aliphatic carbocycles. The van der Waals surface area contributed by atoms with Gasteiger partial charge in [0.2, 0.25) is 0 Å². The van der Waals surface area contributed by atoms with E-state index in [1.54, 1.807) is 0 Å². The molecule has 76 valence electrons. The minimum atomic E-state index is -0.881. The van der Waals surface area contributed by atoms with Crippen molar-refractivity contribution in [3.05, 3.63) is 0 Å². The summed E-state index contributed by atoms with van der Waals surface area (Å²) in [5.74, 6) is -0.932. The largest absolute Gasteiger partial charge is 0.481 e. The van der Waals surface area contributed by atoms with Crippen molar-refractivity contribution in [2.45, 2.75) is 38.6 Å². The minimum Gasteiger partial charge on any atom is -0.481 e. The van der Waals surface area contributed by atoms with Crippen molar-refractivity contribution >= 4 is 11.9 Å². The lowest BCUT2D eigenvalue weighted by molar-refractivity contribution is -0.138. The van der Waals surface area contributed by atoms with Crippen molar-refractivity contribution in [1.82, 2.24) is 0 Å². The number of carboxylic acid groups (broad SMARTS) is 1. The zero-order valence-electron chi connectivity index (χ0n) is 8.08. The van der Waals surface area contributed by atoms with E-state index in [0.29, 0.717) is 12.8 Å². The first-order chi connectivity index (χ1) is 5.95. The van der Waals surface area contributed by atoms with E-state index in [2.05, 4.69) is 4.99 Å². The fourth-order valence-corrected chi connectivity index (χ4v) is 1.25. The molecule has 0 radical (unpaired) electrons. The van der Waals surface area contributed by atoms with Crippen LogP contribution in [0.2, 0.25) is 0 Å². The summed E-state index contributed by atoms with van der Waals surface area (Å²) in [7, 11) is 0. The van der Waals surface area contributed by atoms with E-state index in [9.17, 15) is 4.79 Å². The predicted molar refractivity (Wildman–Crippen MR) is 51.4 cm³/mol. The molecule has 0 amide bonds. The SMILES string of the molecule is CCC(CC)(CC(=O)O)N=C(N)N. The molecule has 13 heavy (non-hydrogen) atoms. The second kappa shape index (κ2) is 4.69. The summed E-state index contributed by atoms with van der Waals surface area (Å²) >= 11 is 0. The average Bonchev–Trinajstić information content (AvgIpc) is 2.01. The standard InChI is InChI=1S/C8H17N3O2/c1-3-8(4-2,5-6(12)13)11-7(9)10/h3-5H2,1-2H3,(H,12,13)(H4,9,10,11). The number of rotatable bonds is 5. The molecule has 0 aromatic rings. The molecule has 0 saturated heterocycles. The number of guanidine groups is 1. The Morgan fingerprint density at radius 1 is 1.38 bits per heavy atom. The number of aliphatic imine (C=N–C) groups is 1. The Bertz CT molecular complexity index is 205. The van der Waals surface area contributed by atoms with Crippen LogP contribution in [0.15, 0.2) is 4.99 Å². The maximum absolute atomic E-state index is 10.6. The zero-order valence-corrected chi connectivity index (χ0v) is 8.08. The maximum atomic E-state index is 10.6. The smallest absolute Gasteiger partial charge is 0.305 e. The molecule has 0 atom stereocenters. The van der Waals surface area contributed by atoms with Gasteiger partial charge >= 0.3 is 5.97 Å². The highest BCUT2D eigenvalue weighted by Crippen LogP contribution is 2.24. The molecule has 0 aromatic heterocycles. The summed E-state index contributed by atoms with van der Waals surface area (Å²) in [6.45, 7) is 3.75. The number of hydrogen-bond donors (Lipinski definition) is 3. The fourth-order valence-electron chi connectivity index (χ4n) is 1.25. The molecule has 0 spiro atoms. The first-order valence-electron chi connectivity index (χ1n) is 4.28. The average molecular weight is 187 g/mol. The molecule has 5 N–H and O–H groups in total. The molecule has 0 unspecified atom stereocenters. The summed E-state index contributed by atoms with van der Waals surface area (Å²) < 4.78 is 0. The molecule has 0 aliphatic heterocycles. The van der Waals surface area contributed by atoms with E-state index < -0.39 is 11.5 Å². The molecule has 5 heteroatoms. The third kappa shape index (κ3) is 3.78. The van der Waals surface area contributed by atoms with Crippen LogP contribution in [-0.2, 0) is 4.79 Å². The van der Waals surface area contributed by atoms with Crippen molar-refractivity contribution in [1.29, 1.82) is 0 Å². The number of nitrogens with zero attached hydrogens (tertiary/aromatic N) is 1.